The molecule has 0 saturated carbocycles. The van der Waals surface area contributed by atoms with E-state index in [2.05, 4.69) is 6.92 Å². The minimum atomic E-state index is -1.09. The Morgan fingerprint density at radius 3 is 1.48 bits per heavy atom. The maximum absolute atomic E-state index is 10.0. The van der Waals surface area contributed by atoms with Crippen LogP contribution in [0.25, 0.3) is 0 Å². The van der Waals surface area contributed by atoms with Gasteiger partial charge in [0.25, 0.3) is 0 Å². The zero-order chi connectivity index (χ0) is 16.1. The molecular formula is C16H43N3O4. The Morgan fingerprint density at radius 1 is 0.783 bits per heavy atom. The van der Waals surface area contributed by atoms with Crippen molar-refractivity contribution >= 4 is 5.97 Å². The Morgan fingerprint density at radius 2 is 1.13 bits per heavy atom. The highest BCUT2D eigenvalue weighted by Gasteiger charge is 1.88. The molecule has 0 aliphatic carbocycles. The van der Waals surface area contributed by atoms with Gasteiger partial charge >= 0.3 is 0 Å². The second-order valence-corrected chi connectivity index (χ2v) is 4.21. The molecule has 7 heteroatoms. The zero-order valence-corrected chi connectivity index (χ0v) is 16.4. The lowest BCUT2D eigenvalue weighted by atomic mass is 10.1. The van der Waals surface area contributed by atoms with Crippen LogP contribution in [0.1, 0.15) is 72.1 Å². The van der Waals surface area contributed by atoms with Crippen LogP contribution in [0.2, 0.25) is 0 Å². The number of carbonyl (C=O) groups excluding carboxylic acids is 1. The van der Waals surface area contributed by atoms with Gasteiger partial charge in [0.1, 0.15) is 0 Å². The summed E-state index contributed by atoms with van der Waals surface area (Å²) in [5, 5.41) is 27.9. The van der Waals surface area contributed by atoms with Crippen molar-refractivity contribution in [3.05, 3.63) is 12.2 Å². The number of allylic oxidation sites excluding steroid dienone is 1. The second kappa shape index (κ2) is 42.9. The van der Waals surface area contributed by atoms with Crippen molar-refractivity contribution in [2.75, 3.05) is 13.2 Å². The highest BCUT2D eigenvalue weighted by atomic mass is 16.4. The summed E-state index contributed by atoms with van der Waals surface area (Å²) >= 11 is 0. The van der Waals surface area contributed by atoms with Crippen molar-refractivity contribution in [1.82, 2.24) is 18.5 Å². The van der Waals surface area contributed by atoms with E-state index < -0.39 is 5.97 Å². The van der Waals surface area contributed by atoms with Crippen LogP contribution < -0.4 is 33.8 Å². The van der Waals surface area contributed by atoms with Gasteiger partial charge in [-0.05, 0) is 18.9 Å². The number of quaternary nitrogens is 3. The van der Waals surface area contributed by atoms with Crippen molar-refractivity contribution < 1.29 is 20.1 Å². The summed E-state index contributed by atoms with van der Waals surface area (Å²) in [5.41, 5.74) is 0. The molecule has 0 saturated heterocycles. The number of hydrogen-bond acceptors (Lipinski definition) is 4. The number of carbonyl (C=O) groups is 1. The van der Waals surface area contributed by atoms with E-state index in [1.54, 1.807) is 19.9 Å². The van der Waals surface area contributed by atoms with Crippen LogP contribution >= 0.6 is 0 Å². The van der Waals surface area contributed by atoms with Crippen LogP contribution in [-0.2, 0) is 4.79 Å². The summed E-state index contributed by atoms with van der Waals surface area (Å²) in [5.74, 6) is -1.09. The Balaban J connectivity index is -0.0000000699. The molecule has 23 heavy (non-hydrogen) atoms. The highest BCUT2D eigenvalue weighted by Crippen LogP contribution is 2.08. The lowest BCUT2D eigenvalue weighted by Gasteiger charge is -1.98. The van der Waals surface area contributed by atoms with Gasteiger partial charge in [-0.2, -0.15) is 0 Å². The van der Waals surface area contributed by atoms with Crippen molar-refractivity contribution in [2.45, 2.75) is 72.1 Å². The molecule has 0 heterocycles. The van der Waals surface area contributed by atoms with Gasteiger partial charge in [-0.3, -0.25) is 0 Å². The average molecular weight is 342 g/mol. The van der Waals surface area contributed by atoms with Gasteiger partial charge in [0.2, 0.25) is 0 Å². The molecule has 0 radical (unpaired) electrons. The molecule has 0 bridgehead atoms. The van der Waals surface area contributed by atoms with Crippen molar-refractivity contribution in [3.8, 4) is 0 Å². The molecule has 0 fully saturated rings. The quantitative estimate of drug-likeness (QED) is 0.427. The van der Waals surface area contributed by atoms with Crippen LogP contribution in [0.4, 0.5) is 0 Å². The van der Waals surface area contributed by atoms with Crippen LogP contribution in [0, 0.1) is 0 Å². The fourth-order valence-corrected chi connectivity index (χ4v) is 1.40. The van der Waals surface area contributed by atoms with Crippen molar-refractivity contribution in [1.29, 1.82) is 0 Å². The summed E-state index contributed by atoms with van der Waals surface area (Å²) in [6.45, 7) is 5.35. The Hall–Kier alpha value is -0.990. The van der Waals surface area contributed by atoms with E-state index in [9.17, 15) is 9.90 Å². The van der Waals surface area contributed by atoms with Crippen LogP contribution in [0.15, 0.2) is 12.2 Å². The zero-order valence-electron chi connectivity index (χ0n) is 16.4. The first-order valence-corrected chi connectivity index (χ1v) is 7.64. The molecular weight excluding hydrogens is 298 g/mol. The molecule has 0 aromatic carbocycles. The smallest absolute Gasteiger partial charge is 0.0639 e. The monoisotopic (exact) mass is 341 g/mol. The van der Waals surface area contributed by atoms with Gasteiger partial charge in [0.05, 0.1) is 5.97 Å². The predicted molar refractivity (Wildman–Crippen MR) is 95.8 cm³/mol. The molecule has 0 spiro atoms. The third kappa shape index (κ3) is 75.8. The van der Waals surface area contributed by atoms with E-state index in [-0.39, 0.29) is 31.7 Å². The predicted octanol–water partition coefficient (Wildman–Crippen LogP) is 2.30. The molecule has 7 nitrogen and oxygen atoms in total. The van der Waals surface area contributed by atoms with Crippen LogP contribution in [-0.4, -0.2) is 19.2 Å². The van der Waals surface area contributed by atoms with E-state index in [1.807, 2.05) is 0 Å². The average Bonchev–Trinajstić information content (AvgIpc) is 2.38. The van der Waals surface area contributed by atoms with Gasteiger partial charge in [-0.1, -0.05) is 65.4 Å². The van der Waals surface area contributed by atoms with E-state index in [1.165, 1.54) is 38.5 Å². The minimum absolute atomic E-state index is 0. The summed E-state index contributed by atoms with van der Waals surface area (Å²) < 4.78 is 0. The molecule has 0 aromatic heterocycles. The third-order valence-electron chi connectivity index (χ3n) is 2.23. The van der Waals surface area contributed by atoms with Crippen molar-refractivity contribution in [3.63, 3.8) is 0 Å². The summed E-state index contributed by atoms with van der Waals surface area (Å²) in [6, 6.07) is 0. The molecule has 12 N–H and O–H groups in total. The highest BCUT2D eigenvalue weighted by molar-refractivity contribution is 5.77. The summed E-state index contributed by atoms with van der Waals surface area (Å²) in [6.07, 6.45) is 12.5. The topological polar surface area (TPSA) is 196 Å². The van der Waals surface area contributed by atoms with Gasteiger partial charge in [-0.25, -0.2) is 0 Å². The minimum Gasteiger partial charge on any atom is -0.855 e. The first-order valence-electron chi connectivity index (χ1n) is 7.64. The molecule has 0 unspecified atom stereocenters. The maximum atomic E-state index is 10.0. The first kappa shape index (κ1) is 37.9. The van der Waals surface area contributed by atoms with Crippen LogP contribution in [0.5, 0.6) is 0 Å². The van der Waals surface area contributed by atoms with Gasteiger partial charge in [0.15, 0.2) is 0 Å². The molecule has 0 rings (SSSR count). The Kier molecular flexibility index (Phi) is 70.6. The number of aliphatic carboxylic acids is 1. The number of hydrogen-bond donors (Lipinski definition) is 3. The summed E-state index contributed by atoms with van der Waals surface area (Å²) in [4.78, 5) is 10.0. The number of rotatable bonds is 9. The molecule has 0 aliphatic heterocycles. The normalized spacial score (nSPS) is 8.22. The Bertz CT molecular complexity index is 202. The fraction of sp³-hybridized carbons (Fsp3) is 0.812. The van der Waals surface area contributed by atoms with E-state index in [0.29, 0.717) is 0 Å². The molecule has 0 amide bonds. The molecule has 0 aliphatic rings. The standard InChI is InChI=1S/C12H22O2.2C2H5O.3H3N/c1-2-3-4-5-6-7-8-9-10-11-12(13)14;2*1-2-3;;;/h10-11H,2-9H2,1H3,(H,13,14);2*2H2,1H3;3*1H3/q;2*-1;;;/p+2. The lowest BCUT2D eigenvalue weighted by molar-refractivity contribution is -0.362. The lowest BCUT2D eigenvalue weighted by Crippen LogP contribution is -2.18. The largest absolute Gasteiger partial charge is 0.855 e. The number of unbranched alkanes of at least 4 members (excludes halogenated alkanes) is 7. The van der Waals surface area contributed by atoms with Crippen molar-refractivity contribution in [2.24, 2.45) is 0 Å². The van der Waals surface area contributed by atoms with Gasteiger partial charge < -0.3 is 38.6 Å². The SMILES string of the molecule is CCCCCCCCCC=CC(=O)[O-].CC[O-].CC[O-].[NH4+].[NH4+].[NH4+]. The maximum Gasteiger partial charge on any atom is 0.0639 e. The first-order chi connectivity index (χ1) is 9.60. The number of carboxylic acids is 1. The summed E-state index contributed by atoms with van der Waals surface area (Å²) in [7, 11) is 0. The van der Waals surface area contributed by atoms with E-state index >= 15 is 0 Å². The number of carboxylic acid groups (broad SMARTS) is 1. The molecule has 146 valence electrons. The van der Waals surface area contributed by atoms with Gasteiger partial charge in [0, 0.05) is 0 Å². The Labute approximate surface area is 142 Å². The van der Waals surface area contributed by atoms with E-state index in [0.717, 1.165) is 18.9 Å². The molecule has 0 aromatic rings. The second-order valence-electron chi connectivity index (χ2n) is 4.21. The van der Waals surface area contributed by atoms with Gasteiger partial charge in [-0.15, -0.1) is 13.2 Å². The van der Waals surface area contributed by atoms with E-state index in [4.69, 9.17) is 10.2 Å². The third-order valence-corrected chi connectivity index (χ3v) is 2.23. The molecule has 0 atom stereocenters. The van der Waals surface area contributed by atoms with Crippen LogP contribution in [0.3, 0.4) is 0 Å². The fourth-order valence-electron chi connectivity index (χ4n) is 1.40.